The molecule has 12 unspecified atom stereocenters. The maximum atomic E-state index is 11.8. The normalized spacial score (nSPS) is 32.6. The van der Waals surface area contributed by atoms with E-state index in [-0.39, 0.29) is 12.5 Å². The summed E-state index contributed by atoms with van der Waals surface area (Å²) in [5.41, 5.74) is 0. The average Bonchev–Trinajstić information content (AvgIpc) is 3.05. The number of unbranched alkanes of at least 4 members (excludes halogenated alkanes) is 13. The lowest BCUT2D eigenvalue weighted by atomic mass is 9.97. The summed E-state index contributed by atoms with van der Waals surface area (Å²) < 4.78 is 22.2. The number of hydrogen-bond donors (Lipinski definition) is 9. The van der Waals surface area contributed by atoms with Crippen LogP contribution in [0.4, 0.5) is 0 Å². The number of aliphatic hydroxyl groups excluding tert-OH is 8. The van der Waals surface area contributed by atoms with Gasteiger partial charge in [-0.15, -0.1) is 0 Å². The molecule has 0 aromatic heterocycles. The second kappa shape index (κ2) is 23.4. The zero-order valence-electron chi connectivity index (χ0n) is 28.3. The van der Waals surface area contributed by atoms with Crippen LogP contribution in [0.2, 0.25) is 0 Å². The van der Waals surface area contributed by atoms with Crippen molar-refractivity contribution in [2.45, 2.75) is 184 Å². The van der Waals surface area contributed by atoms with Gasteiger partial charge in [-0.3, -0.25) is 4.79 Å². The number of hydrogen-bond acceptors (Lipinski definition) is 13. The van der Waals surface area contributed by atoms with Crippen molar-refractivity contribution in [2.24, 2.45) is 0 Å². The summed E-state index contributed by atoms with van der Waals surface area (Å²) in [4.78, 5) is 11.8. The molecule has 2 fully saturated rings. The molecule has 2 heterocycles. The van der Waals surface area contributed by atoms with Gasteiger partial charge in [-0.05, 0) is 6.42 Å². The van der Waals surface area contributed by atoms with Crippen LogP contribution in [0, 0.1) is 0 Å². The lowest BCUT2D eigenvalue weighted by molar-refractivity contribution is -0.359. The Bertz CT molecular complexity index is 821. The van der Waals surface area contributed by atoms with E-state index in [1.807, 2.05) is 0 Å². The highest BCUT2D eigenvalue weighted by molar-refractivity contribution is 5.73. The summed E-state index contributed by atoms with van der Waals surface area (Å²) in [6.07, 6.45) is 0.785. The number of carbonyl (C=O) groups is 1. The van der Waals surface area contributed by atoms with Gasteiger partial charge in [-0.1, -0.05) is 96.8 Å². The van der Waals surface area contributed by atoms with Crippen molar-refractivity contribution in [2.75, 3.05) is 19.8 Å². The van der Waals surface area contributed by atoms with Crippen LogP contribution in [0.15, 0.2) is 0 Å². The van der Waals surface area contributed by atoms with Crippen LogP contribution in [-0.4, -0.2) is 140 Å². The van der Waals surface area contributed by atoms with Crippen molar-refractivity contribution in [1.82, 2.24) is 5.32 Å². The van der Waals surface area contributed by atoms with E-state index < -0.39 is 86.8 Å². The van der Waals surface area contributed by atoms with Gasteiger partial charge >= 0.3 is 0 Å². The van der Waals surface area contributed by atoms with Gasteiger partial charge in [-0.25, -0.2) is 0 Å². The minimum atomic E-state index is -1.77. The molecule has 2 saturated heterocycles. The summed E-state index contributed by atoms with van der Waals surface area (Å²) >= 11 is 0. The molecule has 0 saturated carbocycles. The molecule has 0 aliphatic carbocycles. The van der Waals surface area contributed by atoms with Crippen LogP contribution in [0.3, 0.4) is 0 Å². The first kappa shape index (κ1) is 42.2. The summed E-state index contributed by atoms with van der Waals surface area (Å²) in [6.45, 7) is 1.88. The van der Waals surface area contributed by atoms with Crippen LogP contribution in [0.5, 0.6) is 0 Å². The fourth-order valence-corrected chi connectivity index (χ4v) is 6.15. The molecule has 278 valence electrons. The molecule has 2 rings (SSSR count). The van der Waals surface area contributed by atoms with Crippen molar-refractivity contribution in [3.05, 3.63) is 0 Å². The Morgan fingerprint density at radius 3 is 1.68 bits per heavy atom. The molecule has 0 bridgehead atoms. The van der Waals surface area contributed by atoms with Crippen molar-refractivity contribution >= 4 is 5.91 Å². The molecule has 0 radical (unpaired) electrons. The largest absolute Gasteiger partial charge is 0.394 e. The maximum Gasteiger partial charge on any atom is 0.217 e. The van der Waals surface area contributed by atoms with Crippen molar-refractivity contribution < 1.29 is 64.6 Å². The number of aliphatic hydroxyl groups is 8. The van der Waals surface area contributed by atoms with E-state index in [0.29, 0.717) is 6.42 Å². The molecule has 47 heavy (non-hydrogen) atoms. The molecule has 0 spiro atoms. The van der Waals surface area contributed by atoms with Gasteiger partial charge in [0.25, 0.3) is 0 Å². The molecule has 12 atom stereocenters. The zero-order chi connectivity index (χ0) is 34.8. The molecule has 2 aliphatic heterocycles. The Hall–Kier alpha value is -1.01. The van der Waals surface area contributed by atoms with Crippen LogP contribution >= 0.6 is 0 Å². The Kier molecular flexibility index (Phi) is 21.0. The van der Waals surface area contributed by atoms with Gasteiger partial charge in [0.15, 0.2) is 12.6 Å². The first-order valence-corrected chi connectivity index (χ1v) is 17.7. The number of nitrogens with one attached hydrogen (secondary N) is 1. The van der Waals surface area contributed by atoms with Gasteiger partial charge in [0.05, 0.1) is 32.0 Å². The SMILES string of the molecule is CCCCCCCCCCCCCCCCC(O)C(COC1OC(CO)C(OC2OC(CO)C(O)C(O)C2O)C(O)C1O)NC(C)=O. The fraction of sp³-hybridized carbons (Fsp3) is 0.970. The summed E-state index contributed by atoms with van der Waals surface area (Å²) in [5, 5.41) is 84.7. The van der Waals surface area contributed by atoms with E-state index in [9.17, 15) is 45.6 Å². The first-order chi connectivity index (χ1) is 22.5. The van der Waals surface area contributed by atoms with Gasteiger partial charge < -0.3 is 65.1 Å². The quantitative estimate of drug-likeness (QED) is 0.0628. The fourth-order valence-electron chi connectivity index (χ4n) is 6.15. The number of carbonyl (C=O) groups excluding carboxylic acids is 1. The monoisotopic (exact) mass is 681 g/mol. The second-order valence-corrected chi connectivity index (χ2v) is 13.1. The average molecular weight is 682 g/mol. The maximum absolute atomic E-state index is 11.8. The van der Waals surface area contributed by atoms with E-state index in [1.165, 1.54) is 71.1 Å². The highest BCUT2D eigenvalue weighted by atomic mass is 16.7. The number of amides is 1. The molecule has 14 heteroatoms. The van der Waals surface area contributed by atoms with Crippen LogP contribution < -0.4 is 5.32 Å². The van der Waals surface area contributed by atoms with Gasteiger partial charge in [0.1, 0.15) is 48.8 Å². The lowest BCUT2D eigenvalue weighted by Crippen LogP contribution is -2.65. The lowest BCUT2D eigenvalue weighted by Gasteiger charge is -2.46. The predicted molar refractivity (Wildman–Crippen MR) is 171 cm³/mol. The third kappa shape index (κ3) is 14.4. The third-order valence-corrected chi connectivity index (χ3v) is 9.11. The highest BCUT2D eigenvalue weighted by Gasteiger charge is 2.50. The molecule has 0 aromatic rings. The van der Waals surface area contributed by atoms with E-state index in [0.717, 1.165) is 25.7 Å². The minimum Gasteiger partial charge on any atom is -0.394 e. The van der Waals surface area contributed by atoms with E-state index >= 15 is 0 Å². The second-order valence-electron chi connectivity index (χ2n) is 13.1. The Morgan fingerprint density at radius 1 is 0.681 bits per heavy atom. The third-order valence-electron chi connectivity index (χ3n) is 9.11. The molecular formula is C33H63NO13. The standard InChI is InChI=1S/C33H63NO13/c1-3-4-5-6-7-8-9-10-11-12-13-14-15-16-17-23(38)22(34-21(2)37)20-44-32-30(43)28(41)31(25(19-36)46-32)47-33-29(42)27(40)26(39)24(18-35)45-33/h22-33,35-36,38-43H,3-20H2,1-2H3,(H,34,37). The van der Waals surface area contributed by atoms with Crippen LogP contribution in [0.25, 0.3) is 0 Å². The summed E-state index contributed by atoms with van der Waals surface area (Å²) in [6, 6.07) is -0.821. The minimum absolute atomic E-state index is 0.260. The van der Waals surface area contributed by atoms with Gasteiger partial charge in [-0.2, -0.15) is 0 Å². The molecular weight excluding hydrogens is 618 g/mol. The molecule has 0 aromatic carbocycles. The molecule has 1 amide bonds. The molecule has 14 nitrogen and oxygen atoms in total. The molecule has 9 N–H and O–H groups in total. The van der Waals surface area contributed by atoms with E-state index in [1.54, 1.807) is 0 Å². The van der Waals surface area contributed by atoms with Gasteiger partial charge in [0.2, 0.25) is 5.91 Å². The van der Waals surface area contributed by atoms with Gasteiger partial charge in [0, 0.05) is 6.92 Å². The van der Waals surface area contributed by atoms with E-state index in [4.69, 9.17) is 18.9 Å². The Morgan fingerprint density at radius 2 is 1.17 bits per heavy atom. The predicted octanol–water partition coefficient (Wildman–Crippen LogP) is 0.364. The van der Waals surface area contributed by atoms with Crippen LogP contribution in [0.1, 0.15) is 110 Å². The summed E-state index contributed by atoms with van der Waals surface area (Å²) in [5.74, 6) is -0.384. The number of ether oxygens (including phenoxy) is 4. The smallest absolute Gasteiger partial charge is 0.217 e. The highest BCUT2D eigenvalue weighted by Crippen LogP contribution is 2.29. The van der Waals surface area contributed by atoms with Crippen molar-refractivity contribution in [3.8, 4) is 0 Å². The molecule has 2 aliphatic rings. The van der Waals surface area contributed by atoms with Crippen molar-refractivity contribution in [1.29, 1.82) is 0 Å². The number of rotatable bonds is 24. The van der Waals surface area contributed by atoms with E-state index in [2.05, 4.69) is 12.2 Å². The van der Waals surface area contributed by atoms with Crippen molar-refractivity contribution in [3.63, 3.8) is 0 Å². The summed E-state index contributed by atoms with van der Waals surface area (Å²) in [7, 11) is 0. The Labute approximate surface area is 279 Å². The Balaban J connectivity index is 1.76. The van der Waals surface area contributed by atoms with Crippen LogP contribution in [-0.2, 0) is 23.7 Å². The zero-order valence-corrected chi connectivity index (χ0v) is 28.3. The topological polar surface area (TPSA) is 228 Å². The first-order valence-electron chi connectivity index (χ1n) is 17.7.